The number of rotatable bonds is 6. The van der Waals surface area contributed by atoms with E-state index in [1.54, 1.807) is 37.4 Å². The number of ether oxygens (including phenoxy) is 2. The average Bonchev–Trinajstić information content (AvgIpc) is 3.41. The van der Waals surface area contributed by atoms with Crippen LogP contribution in [0, 0.1) is 0 Å². The Kier molecular flexibility index (Phi) is 6.42. The summed E-state index contributed by atoms with van der Waals surface area (Å²) in [6.45, 7) is 4.91. The van der Waals surface area contributed by atoms with Gasteiger partial charge in [0.25, 0.3) is 11.7 Å². The third-order valence-corrected chi connectivity index (χ3v) is 6.30. The molecule has 2 heterocycles. The van der Waals surface area contributed by atoms with Crippen molar-refractivity contribution in [3.05, 3.63) is 64.7 Å². The number of nitrogens with zero attached hydrogens (tertiary/aromatic N) is 1. The highest BCUT2D eigenvalue weighted by molar-refractivity contribution is 6.46. The Bertz CT molecular complexity index is 1080. The van der Waals surface area contributed by atoms with E-state index in [1.165, 1.54) is 17.0 Å². The van der Waals surface area contributed by atoms with Gasteiger partial charge in [-0.1, -0.05) is 26.0 Å². The number of aromatic hydroxyl groups is 1. The normalized spacial score (nSPS) is 22.4. The Morgan fingerprint density at radius 3 is 2.52 bits per heavy atom. The molecule has 2 aliphatic heterocycles. The zero-order valence-electron chi connectivity index (χ0n) is 19.1. The lowest BCUT2D eigenvalue weighted by molar-refractivity contribution is -0.140. The van der Waals surface area contributed by atoms with Gasteiger partial charge in [-0.2, -0.15) is 0 Å². The van der Waals surface area contributed by atoms with Crippen molar-refractivity contribution in [2.24, 2.45) is 0 Å². The zero-order chi connectivity index (χ0) is 23.7. The first kappa shape index (κ1) is 22.9. The fourth-order valence-electron chi connectivity index (χ4n) is 4.57. The first-order valence-electron chi connectivity index (χ1n) is 11.2. The van der Waals surface area contributed by atoms with Crippen molar-refractivity contribution < 1.29 is 29.3 Å². The number of methoxy groups -OCH3 is 1. The maximum absolute atomic E-state index is 13.2. The summed E-state index contributed by atoms with van der Waals surface area (Å²) in [7, 11) is 1.59. The summed E-state index contributed by atoms with van der Waals surface area (Å²) >= 11 is 0. The van der Waals surface area contributed by atoms with Crippen LogP contribution in [0.15, 0.2) is 48.0 Å². The molecule has 0 bridgehead atoms. The van der Waals surface area contributed by atoms with E-state index < -0.39 is 17.7 Å². The van der Waals surface area contributed by atoms with Gasteiger partial charge in [0.05, 0.1) is 24.8 Å². The minimum Gasteiger partial charge on any atom is -0.508 e. The summed E-state index contributed by atoms with van der Waals surface area (Å²) in [6.07, 6.45) is 1.56. The molecule has 0 aromatic heterocycles. The van der Waals surface area contributed by atoms with Crippen LogP contribution in [0.3, 0.4) is 0 Å². The summed E-state index contributed by atoms with van der Waals surface area (Å²) in [5.41, 5.74) is 1.99. The minimum atomic E-state index is -0.778. The van der Waals surface area contributed by atoms with Crippen LogP contribution in [-0.4, -0.2) is 53.2 Å². The smallest absolute Gasteiger partial charge is 0.295 e. The standard InChI is InChI=1S/C26H29NO6/c1-15(2)20-13-17(8-11-21(20)32-3)24(29)22-23(16-6-9-18(28)10-7-16)27(26(31)25(22)30)14-19-5-4-12-33-19/h6-11,13,15,19,23,28-29H,4-5,12,14H2,1-3H3/b24-22-. The molecule has 2 atom stereocenters. The summed E-state index contributed by atoms with van der Waals surface area (Å²) in [4.78, 5) is 27.7. The second-order valence-corrected chi connectivity index (χ2v) is 8.79. The van der Waals surface area contributed by atoms with Crippen molar-refractivity contribution in [3.8, 4) is 11.5 Å². The summed E-state index contributed by atoms with van der Waals surface area (Å²) in [5, 5.41) is 21.0. The molecule has 2 aliphatic rings. The van der Waals surface area contributed by atoms with Gasteiger partial charge in [0.2, 0.25) is 0 Å². The van der Waals surface area contributed by atoms with Gasteiger partial charge in [0.15, 0.2) is 0 Å². The molecule has 2 saturated heterocycles. The number of hydrogen-bond donors (Lipinski definition) is 2. The molecule has 2 unspecified atom stereocenters. The molecule has 1 amide bonds. The van der Waals surface area contributed by atoms with Gasteiger partial charge in [0, 0.05) is 18.7 Å². The van der Waals surface area contributed by atoms with Gasteiger partial charge < -0.3 is 24.6 Å². The molecule has 0 spiro atoms. The van der Waals surface area contributed by atoms with E-state index in [0.29, 0.717) is 23.5 Å². The highest BCUT2D eigenvalue weighted by Crippen LogP contribution is 2.41. The van der Waals surface area contributed by atoms with E-state index in [9.17, 15) is 19.8 Å². The van der Waals surface area contributed by atoms with Crippen molar-refractivity contribution in [1.29, 1.82) is 0 Å². The first-order chi connectivity index (χ1) is 15.8. The van der Waals surface area contributed by atoms with Crippen molar-refractivity contribution in [3.63, 3.8) is 0 Å². The number of benzene rings is 2. The second-order valence-electron chi connectivity index (χ2n) is 8.79. The molecular weight excluding hydrogens is 422 g/mol. The van der Waals surface area contributed by atoms with E-state index in [0.717, 1.165) is 18.4 Å². The quantitative estimate of drug-likeness (QED) is 0.390. The Hall–Kier alpha value is -3.32. The molecule has 7 nitrogen and oxygen atoms in total. The molecule has 2 N–H and O–H groups in total. The number of hydrogen-bond acceptors (Lipinski definition) is 6. The number of carbonyl (C=O) groups excluding carboxylic acids is 2. The van der Waals surface area contributed by atoms with Crippen molar-refractivity contribution in [1.82, 2.24) is 4.90 Å². The molecule has 0 saturated carbocycles. The molecule has 174 valence electrons. The molecule has 2 aromatic carbocycles. The molecule has 4 rings (SSSR count). The van der Waals surface area contributed by atoms with Gasteiger partial charge in [-0.3, -0.25) is 9.59 Å². The number of Topliss-reactive ketones (excluding diaryl/α,β-unsaturated/α-hetero) is 1. The highest BCUT2D eigenvalue weighted by Gasteiger charge is 2.47. The second kappa shape index (κ2) is 9.27. The predicted molar refractivity (Wildman–Crippen MR) is 123 cm³/mol. The fourth-order valence-corrected chi connectivity index (χ4v) is 4.57. The monoisotopic (exact) mass is 451 g/mol. The molecule has 2 fully saturated rings. The maximum Gasteiger partial charge on any atom is 0.295 e. The van der Waals surface area contributed by atoms with Crippen LogP contribution in [-0.2, 0) is 14.3 Å². The summed E-state index contributed by atoms with van der Waals surface area (Å²) < 4.78 is 11.1. The lowest BCUT2D eigenvalue weighted by Crippen LogP contribution is -2.36. The van der Waals surface area contributed by atoms with E-state index in [1.807, 2.05) is 13.8 Å². The van der Waals surface area contributed by atoms with Crippen LogP contribution in [0.25, 0.3) is 5.76 Å². The lowest BCUT2D eigenvalue weighted by atomic mass is 9.93. The van der Waals surface area contributed by atoms with E-state index in [2.05, 4.69) is 0 Å². The number of amides is 1. The number of carbonyl (C=O) groups is 2. The first-order valence-corrected chi connectivity index (χ1v) is 11.2. The number of likely N-dealkylation sites (tertiary alicyclic amines) is 1. The Morgan fingerprint density at radius 2 is 1.91 bits per heavy atom. The Balaban J connectivity index is 1.84. The van der Waals surface area contributed by atoms with Gasteiger partial charge >= 0.3 is 0 Å². The van der Waals surface area contributed by atoms with Crippen LogP contribution >= 0.6 is 0 Å². The highest BCUT2D eigenvalue weighted by atomic mass is 16.5. The van der Waals surface area contributed by atoms with Crippen molar-refractivity contribution in [2.75, 3.05) is 20.3 Å². The van der Waals surface area contributed by atoms with Crippen LogP contribution in [0.5, 0.6) is 11.5 Å². The zero-order valence-corrected chi connectivity index (χ0v) is 19.1. The number of aliphatic hydroxyl groups is 1. The number of ketones is 1. The van der Waals surface area contributed by atoms with Crippen LogP contribution in [0.2, 0.25) is 0 Å². The van der Waals surface area contributed by atoms with E-state index >= 15 is 0 Å². The van der Waals surface area contributed by atoms with Gasteiger partial charge in [-0.15, -0.1) is 0 Å². The molecule has 0 aliphatic carbocycles. The van der Waals surface area contributed by atoms with Gasteiger partial charge in [-0.25, -0.2) is 0 Å². The summed E-state index contributed by atoms with van der Waals surface area (Å²) in [5.74, 6) is -0.733. The van der Waals surface area contributed by atoms with Crippen molar-refractivity contribution in [2.45, 2.75) is 44.8 Å². The molecule has 2 aromatic rings. The number of phenolic OH excluding ortho intramolecular Hbond substituents is 1. The summed E-state index contributed by atoms with van der Waals surface area (Å²) in [6, 6.07) is 10.8. The third kappa shape index (κ3) is 4.33. The average molecular weight is 452 g/mol. The topological polar surface area (TPSA) is 96.3 Å². The maximum atomic E-state index is 13.2. The Morgan fingerprint density at radius 1 is 1.18 bits per heavy atom. The predicted octanol–water partition coefficient (Wildman–Crippen LogP) is 4.12. The minimum absolute atomic E-state index is 0.0311. The third-order valence-electron chi connectivity index (χ3n) is 6.30. The largest absolute Gasteiger partial charge is 0.508 e. The SMILES string of the molecule is COc1ccc(/C(O)=C2/C(=O)C(=O)N(CC3CCCO3)C2c2ccc(O)cc2)cc1C(C)C. The lowest BCUT2D eigenvalue weighted by Gasteiger charge is -2.27. The fraction of sp³-hybridized carbons (Fsp3) is 0.385. The van der Waals surface area contributed by atoms with E-state index in [4.69, 9.17) is 9.47 Å². The van der Waals surface area contributed by atoms with Crippen LogP contribution < -0.4 is 4.74 Å². The molecular formula is C26H29NO6. The van der Waals surface area contributed by atoms with Crippen LogP contribution in [0.1, 0.15) is 55.3 Å². The van der Waals surface area contributed by atoms with Crippen molar-refractivity contribution >= 4 is 17.4 Å². The van der Waals surface area contributed by atoms with Gasteiger partial charge in [-0.05, 0) is 60.2 Å². The number of phenols is 1. The molecule has 33 heavy (non-hydrogen) atoms. The van der Waals surface area contributed by atoms with Gasteiger partial charge in [0.1, 0.15) is 17.3 Å². The van der Waals surface area contributed by atoms with Crippen LogP contribution in [0.4, 0.5) is 0 Å². The van der Waals surface area contributed by atoms with E-state index in [-0.39, 0.29) is 35.6 Å². The molecule has 0 radical (unpaired) electrons. The molecule has 7 heteroatoms. The Labute approximate surface area is 193 Å². The number of aliphatic hydroxyl groups excluding tert-OH is 1.